The number of benzene rings is 2. The predicted molar refractivity (Wildman–Crippen MR) is 126 cm³/mol. The van der Waals surface area contributed by atoms with Crippen molar-refractivity contribution in [3.05, 3.63) is 83.2 Å². The molecular formula is C24H22ClF3N4O4. The average Bonchev–Trinajstić information content (AvgIpc) is 3.30. The molecule has 3 aromatic rings. The number of alkyl halides is 1. The summed E-state index contributed by atoms with van der Waals surface area (Å²) in [5, 5.41) is 0. The fourth-order valence-corrected chi connectivity index (χ4v) is 3.27. The highest BCUT2D eigenvalue weighted by Gasteiger charge is 2.25. The van der Waals surface area contributed by atoms with Crippen molar-refractivity contribution in [2.45, 2.75) is 13.0 Å². The molecule has 2 aromatic carbocycles. The first kappa shape index (κ1) is 26.8. The van der Waals surface area contributed by atoms with Crippen molar-refractivity contribution < 1.29 is 32.2 Å². The number of imidazole rings is 1. The number of aromatic nitrogens is 2. The second-order valence-corrected chi connectivity index (χ2v) is 7.78. The van der Waals surface area contributed by atoms with E-state index in [2.05, 4.69) is 15.8 Å². The lowest BCUT2D eigenvalue weighted by Gasteiger charge is -2.18. The van der Waals surface area contributed by atoms with Crippen molar-refractivity contribution in [3.8, 4) is 11.4 Å². The molecule has 0 radical (unpaired) electrons. The van der Waals surface area contributed by atoms with Crippen LogP contribution >= 0.6 is 11.6 Å². The normalized spacial score (nSPS) is 11.9. The van der Waals surface area contributed by atoms with Crippen LogP contribution in [0.15, 0.2) is 48.9 Å². The first-order chi connectivity index (χ1) is 17.2. The van der Waals surface area contributed by atoms with E-state index in [-0.39, 0.29) is 18.1 Å². The fraction of sp³-hybridized carbons (Fsp3) is 0.208. The quantitative estimate of drug-likeness (QED) is 0.193. The average molecular weight is 523 g/mol. The number of hydrogen-bond donors (Lipinski definition) is 2. The van der Waals surface area contributed by atoms with Crippen LogP contribution in [0.5, 0.6) is 5.75 Å². The molecule has 12 heteroatoms. The molecule has 0 bridgehead atoms. The van der Waals surface area contributed by atoms with Gasteiger partial charge in [-0.25, -0.2) is 18.2 Å². The number of carbonyl (C=O) groups is 2. The summed E-state index contributed by atoms with van der Waals surface area (Å²) in [4.78, 5) is 28.9. The van der Waals surface area contributed by atoms with Crippen LogP contribution in [0, 0.1) is 24.4 Å². The molecule has 2 amide bonds. The van der Waals surface area contributed by atoms with Crippen LogP contribution in [-0.2, 0) is 14.3 Å². The number of hydrogen-bond acceptors (Lipinski definition) is 5. The number of methoxy groups -OCH3 is 1. The number of rotatable bonds is 9. The molecule has 3 rings (SSSR count). The molecule has 0 fully saturated rings. The number of nitrogens with zero attached hydrogens (tertiary/aromatic N) is 2. The van der Waals surface area contributed by atoms with Gasteiger partial charge in [0.2, 0.25) is 0 Å². The van der Waals surface area contributed by atoms with Crippen LogP contribution in [0.25, 0.3) is 11.8 Å². The molecule has 1 heterocycles. The highest BCUT2D eigenvalue weighted by molar-refractivity contribution is 6.18. The molecule has 0 aliphatic carbocycles. The van der Waals surface area contributed by atoms with Crippen LogP contribution < -0.4 is 15.6 Å². The molecule has 0 spiro atoms. The van der Waals surface area contributed by atoms with E-state index in [4.69, 9.17) is 21.1 Å². The summed E-state index contributed by atoms with van der Waals surface area (Å²) in [5.74, 6) is -5.80. The number of nitrogens with one attached hydrogen (secondary N) is 2. The molecule has 1 unspecified atom stereocenters. The maximum Gasteiger partial charge on any atom is 0.272 e. The summed E-state index contributed by atoms with van der Waals surface area (Å²) in [6.07, 6.45) is 4.57. The predicted octanol–water partition coefficient (Wildman–Crippen LogP) is 3.76. The van der Waals surface area contributed by atoms with Gasteiger partial charge in [-0.1, -0.05) is 6.07 Å². The van der Waals surface area contributed by atoms with Gasteiger partial charge in [0, 0.05) is 18.2 Å². The van der Waals surface area contributed by atoms with Crippen LogP contribution in [0.1, 0.15) is 22.9 Å². The second-order valence-electron chi connectivity index (χ2n) is 7.40. The summed E-state index contributed by atoms with van der Waals surface area (Å²) in [6.45, 7) is 1.71. The number of carbonyl (C=O) groups excluding carboxylic acids is 2. The Bertz CT molecular complexity index is 1260. The van der Waals surface area contributed by atoms with Crippen LogP contribution in [0.3, 0.4) is 0 Å². The molecule has 190 valence electrons. The summed E-state index contributed by atoms with van der Waals surface area (Å²) in [7, 11) is 1.51. The topological polar surface area (TPSA) is 94.5 Å². The third-order valence-corrected chi connectivity index (χ3v) is 4.99. The van der Waals surface area contributed by atoms with E-state index < -0.39 is 35.4 Å². The summed E-state index contributed by atoms with van der Waals surface area (Å²) < 4.78 is 53.0. The van der Waals surface area contributed by atoms with Gasteiger partial charge < -0.3 is 14.0 Å². The zero-order chi connectivity index (χ0) is 26.2. The second kappa shape index (κ2) is 12.2. The Morgan fingerprint density at radius 2 is 1.89 bits per heavy atom. The van der Waals surface area contributed by atoms with Crippen molar-refractivity contribution in [1.29, 1.82) is 0 Å². The molecule has 1 atom stereocenters. The van der Waals surface area contributed by atoms with E-state index in [1.165, 1.54) is 13.2 Å². The van der Waals surface area contributed by atoms with E-state index in [1.807, 2.05) is 13.1 Å². The van der Waals surface area contributed by atoms with E-state index >= 15 is 0 Å². The van der Waals surface area contributed by atoms with Gasteiger partial charge in [0.1, 0.15) is 5.75 Å². The number of halogens is 4. The van der Waals surface area contributed by atoms with Gasteiger partial charge in [-0.2, -0.15) is 0 Å². The first-order valence-corrected chi connectivity index (χ1v) is 11.1. The summed E-state index contributed by atoms with van der Waals surface area (Å²) in [6, 6.07) is 6.50. The molecule has 0 saturated heterocycles. The maximum absolute atomic E-state index is 13.6. The Hall–Kier alpha value is -3.83. The van der Waals surface area contributed by atoms with Gasteiger partial charge in [0.05, 0.1) is 31.4 Å². The zero-order valence-corrected chi connectivity index (χ0v) is 20.0. The maximum atomic E-state index is 13.6. The monoisotopic (exact) mass is 522 g/mol. The Morgan fingerprint density at radius 3 is 2.50 bits per heavy atom. The van der Waals surface area contributed by atoms with E-state index in [9.17, 15) is 22.8 Å². The minimum absolute atomic E-state index is 0.0201. The van der Waals surface area contributed by atoms with Gasteiger partial charge in [-0.15, -0.1) is 11.6 Å². The van der Waals surface area contributed by atoms with Gasteiger partial charge in [0.15, 0.2) is 23.6 Å². The van der Waals surface area contributed by atoms with Crippen LogP contribution in [-0.4, -0.2) is 41.0 Å². The lowest BCUT2D eigenvalue weighted by molar-refractivity contribution is -0.136. The number of ether oxygens (including phenoxy) is 2. The van der Waals surface area contributed by atoms with Crippen molar-refractivity contribution >= 4 is 29.5 Å². The van der Waals surface area contributed by atoms with Crippen LogP contribution in [0.4, 0.5) is 13.2 Å². The van der Waals surface area contributed by atoms with Gasteiger partial charge in [0.25, 0.3) is 11.8 Å². The standard InChI is InChI=1S/C24H22ClF3N4O4/c1-14-12-32(13-29-14)19-5-3-15(9-20(19)35-2)4-6-21(33)30-31-24(34)23(36-8-7-25)16-10-17(26)22(28)18(27)11-16/h3-6,9-13,23H,7-8H2,1-2H3,(H,30,33)(H,31,34)/b6-4+. The number of amides is 2. The molecule has 8 nitrogen and oxygen atoms in total. The Labute approximate surface area is 209 Å². The Balaban J connectivity index is 1.66. The minimum Gasteiger partial charge on any atom is -0.495 e. The molecule has 0 aliphatic heterocycles. The van der Waals surface area contributed by atoms with Crippen molar-refractivity contribution in [1.82, 2.24) is 20.4 Å². The van der Waals surface area contributed by atoms with E-state index in [1.54, 1.807) is 29.1 Å². The summed E-state index contributed by atoms with van der Waals surface area (Å²) in [5.41, 5.74) is 6.18. The third-order valence-electron chi connectivity index (χ3n) is 4.84. The summed E-state index contributed by atoms with van der Waals surface area (Å²) >= 11 is 5.56. The fourth-order valence-electron chi connectivity index (χ4n) is 3.18. The minimum atomic E-state index is -1.68. The Kier molecular flexibility index (Phi) is 9.09. The molecule has 1 aromatic heterocycles. The lowest BCUT2D eigenvalue weighted by Crippen LogP contribution is -2.44. The number of aryl methyl sites for hydroxylation is 1. The molecule has 36 heavy (non-hydrogen) atoms. The molecule has 2 N–H and O–H groups in total. The third kappa shape index (κ3) is 6.64. The van der Waals surface area contributed by atoms with Crippen molar-refractivity contribution in [2.24, 2.45) is 0 Å². The highest BCUT2D eigenvalue weighted by atomic mass is 35.5. The van der Waals surface area contributed by atoms with Crippen molar-refractivity contribution in [2.75, 3.05) is 19.6 Å². The first-order valence-electron chi connectivity index (χ1n) is 10.5. The molecular weight excluding hydrogens is 501 g/mol. The Morgan fingerprint density at radius 1 is 1.17 bits per heavy atom. The molecule has 0 saturated carbocycles. The van der Waals surface area contributed by atoms with E-state index in [0.29, 0.717) is 23.4 Å². The van der Waals surface area contributed by atoms with E-state index in [0.717, 1.165) is 17.5 Å². The largest absolute Gasteiger partial charge is 0.495 e. The smallest absolute Gasteiger partial charge is 0.272 e. The van der Waals surface area contributed by atoms with Crippen molar-refractivity contribution in [3.63, 3.8) is 0 Å². The van der Waals surface area contributed by atoms with Gasteiger partial charge in [-0.05, 0) is 48.4 Å². The lowest BCUT2D eigenvalue weighted by atomic mass is 10.1. The SMILES string of the molecule is COc1cc(/C=C/C(=O)NNC(=O)C(OCCCl)c2cc(F)c(F)c(F)c2)ccc1-n1cnc(C)c1. The van der Waals surface area contributed by atoms with Gasteiger partial charge >= 0.3 is 0 Å². The number of hydrazine groups is 1. The van der Waals surface area contributed by atoms with Gasteiger partial charge in [-0.3, -0.25) is 20.4 Å². The highest BCUT2D eigenvalue weighted by Crippen LogP contribution is 2.25. The zero-order valence-electron chi connectivity index (χ0n) is 19.2. The van der Waals surface area contributed by atoms with Crippen LogP contribution in [0.2, 0.25) is 0 Å². The molecule has 0 aliphatic rings.